The molecular weight excluding hydrogens is 348 g/mol. The van der Waals surface area contributed by atoms with Gasteiger partial charge in [0.2, 0.25) is 0 Å². The fraction of sp³-hybridized carbons (Fsp3) is 1.00. The van der Waals surface area contributed by atoms with E-state index in [4.69, 9.17) is 21.5 Å². The molecule has 0 amide bonds. The molecule has 0 aromatic rings. The average Bonchev–Trinajstić information content (AvgIpc) is 2.44. The predicted molar refractivity (Wildman–Crippen MR) is 117 cm³/mol. The van der Waals surface area contributed by atoms with Crippen LogP contribution in [0.25, 0.3) is 0 Å². The lowest BCUT2D eigenvalue weighted by atomic mass is 9.99. The van der Waals surface area contributed by atoms with E-state index in [-0.39, 0.29) is 3.99 Å². The molecule has 0 N–H and O–H groups in total. The second kappa shape index (κ2) is 12.2. The van der Waals surface area contributed by atoms with Gasteiger partial charge in [-0.25, -0.2) is 0 Å². The van der Waals surface area contributed by atoms with E-state index in [2.05, 4.69) is 55.4 Å². The van der Waals surface area contributed by atoms with Gasteiger partial charge in [-0.2, -0.15) is 12.6 Å². The monoisotopic (exact) mass is 392 g/mol. The van der Waals surface area contributed by atoms with Crippen LogP contribution in [0.1, 0.15) is 87.5 Å². The zero-order valence-electron chi connectivity index (χ0n) is 17.7. The summed E-state index contributed by atoms with van der Waals surface area (Å²) in [7, 11) is -2.27. The Morgan fingerprint density at radius 1 is 0.958 bits per heavy atom. The summed E-state index contributed by atoms with van der Waals surface area (Å²) in [5, 5.41) is 0.379. The highest BCUT2D eigenvalue weighted by molar-refractivity contribution is 7.85. The maximum Gasteiger partial charge on any atom is 0.334 e. The molecule has 0 bridgehead atoms. The molecule has 0 spiro atoms. The van der Waals surface area contributed by atoms with E-state index in [1.807, 2.05) is 0 Å². The number of hydrogen-bond donors (Lipinski definition) is 1. The van der Waals surface area contributed by atoms with Crippen LogP contribution in [0.4, 0.5) is 0 Å². The van der Waals surface area contributed by atoms with Crippen LogP contribution < -0.4 is 0 Å². The van der Waals surface area contributed by atoms with E-state index in [1.165, 1.54) is 12.8 Å². The molecule has 5 heteroatoms. The van der Waals surface area contributed by atoms with Crippen molar-refractivity contribution in [3.8, 4) is 0 Å². The molecule has 0 aromatic carbocycles. The first-order valence-electron chi connectivity index (χ1n) is 10.0. The largest absolute Gasteiger partial charge is 0.396 e. The first-order valence-corrected chi connectivity index (χ1v) is 13.4. The Kier molecular flexibility index (Phi) is 12.5. The smallest absolute Gasteiger partial charge is 0.334 e. The minimum absolute atomic E-state index is 0.0312. The van der Waals surface area contributed by atoms with Crippen molar-refractivity contribution in [2.24, 2.45) is 11.8 Å². The molecule has 24 heavy (non-hydrogen) atoms. The topological polar surface area (TPSA) is 18.5 Å². The van der Waals surface area contributed by atoms with Crippen molar-refractivity contribution in [2.75, 3.05) is 13.2 Å². The first kappa shape index (κ1) is 24.7. The van der Waals surface area contributed by atoms with Gasteiger partial charge in [0.05, 0.1) is 0 Å². The van der Waals surface area contributed by atoms with Crippen molar-refractivity contribution >= 4 is 31.4 Å². The van der Waals surface area contributed by atoms with Crippen LogP contribution in [0.5, 0.6) is 0 Å². The average molecular weight is 393 g/mol. The second-order valence-electron chi connectivity index (χ2n) is 8.80. The third kappa shape index (κ3) is 9.41. The molecule has 0 aliphatic carbocycles. The van der Waals surface area contributed by atoms with Gasteiger partial charge in [0.25, 0.3) is 0 Å². The van der Waals surface area contributed by atoms with Crippen molar-refractivity contribution in [2.45, 2.75) is 96.5 Å². The number of rotatable bonds is 14. The zero-order chi connectivity index (χ0) is 18.8. The Morgan fingerprint density at radius 2 is 1.42 bits per heavy atom. The standard InChI is InChI=1S/C19H44O2SSi2/c1-9-11-13-20-24(21-14-12-10-2)19(22,15-16(3)4)23-18(7,8)17(5)6/h16-17,22,24H,9-15,23H2,1-8H3/t19-/m0/s1. The predicted octanol–water partition coefficient (Wildman–Crippen LogP) is 5.08. The van der Waals surface area contributed by atoms with Gasteiger partial charge in [-0.05, 0) is 36.1 Å². The van der Waals surface area contributed by atoms with E-state index in [0.717, 1.165) is 32.5 Å². The third-order valence-corrected chi connectivity index (χ3v) is 12.8. The Labute approximate surface area is 161 Å². The normalized spacial score (nSPS) is 16.0. The van der Waals surface area contributed by atoms with Gasteiger partial charge in [0, 0.05) is 26.7 Å². The summed E-state index contributed by atoms with van der Waals surface area (Å²) in [5.41, 5.74) is 0. The van der Waals surface area contributed by atoms with Crippen LogP contribution in [0.3, 0.4) is 0 Å². The zero-order valence-corrected chi connectivity index (χ0v) is 21.1. The summed E-state index contributed by atoms with van der Waals surface area (Å²) in [4.78, 5) is 0. The van der Waals surface area contributed by atoms with Crippen LogP contribution in [0.15, 0.2) is 0 Å². The highest BCUT2D eigenvalue weighted by atomic mass is 32.1. The van der Waals surface area contributed by atoms with Gasteiger partial charge in [0.1, 0.15) is 0 Å². The Balaban J connectivity index is 5.28. The first-order chi connectivity index (χ1) is 11.1. The quantitative estimate of drug-likeness (QED) is 0.252. The summed E-state index contributed by atoms with van der Waals surface area (Å²) < 4.78 is 12.8. The SMILES string of the molecule is CCCCO[SiH](OCCCC)[C@](S)(CC(C)C)[SiH2]C(C)(C)C(C)C. The minimum Gasteiger partial charge on any atom is -0.396 e. The molecule has 0 unspecified atom stereocenters. The summed E-state index contributed by atoms with van der Waals surface area (Å²) in [6.07, 6.45) is 5.74. The molecule has 146 valence electrons. The number of unbranched alkanes of at least 4 members (excludes halogenated alkanes) is 2. The Morgan fingerprint density at radius 3 is 1.75 bits per heavy atom. The maximum atomic E-state index is 6.40. The fourth-order valence-electron chi connectivity index (χ4n) is 2.98. The van der Waals surface area contributed by atoms with E-state index in [9.17, 15) is 0 Å². The van der Waals surface area contributed by atoms with Crippen molar-refractivity contribution in [3.05, 3.63) is 0 Å². The lowest BCUT2D eigenvalue weighted by Crippen LogP contribution is -2.54. The Bertz CT molecular complexity index is 314. The highest BCUT2D eigenvalue weighted by Crippen LogP contribution is 2.41. The molecule has 0 fully saturated rings. The molecular formula is C19H44O2SSi2. The van der Waals surface area contributed by atoms with Gasteiger partial charge in [-0.1, -0.05) is 68.2 Å². The van der Waals surface area contributed by atoms with Crippen LogP contribution >= 0.6 is 12.6 Å². The van der Waals surface area contributed by atoms with Gasteiger partial charge in [-0.3, -0.25) is 0 Å². The molecule has 0 saturated heterocycles. The number of thiol groups is 1. The molecule has 0 heterocycles. The summed E-state index contributed by atoms with van der Waals surface area (Å²) in [6.45, 7) is 20.3. The van der Waals surface area contributed by atoms with Crippen LogP contribution in [-0.2, 0) is 8.85 Å². The maximum absolute atomic E-state index is 6.40. The van der Waals surface area contributed by atoms with Gasteiger partial charge in [0.15, 0.2) is 0 Å². The van der Waals surface area contributed by atoms with Crippen molar-refractivity contribution in [1.82, 2.24) is 0 Å². The van der Waals surface area contributed by atoms with Crippen LogP contribution in [-0.4, -0.2) is 36.0 Å². The molecule has 0 aromatic heterocycles. The molecule has 0 radical (unpaired) electrons. The van der Waals surface area contributed by atoms with E-state index in [1.54, 1.807) is 0 Å². The van der Waals surface area contributed by atoms with Crippen molar-refractivity contribution < 1.29 is 8.85 Å². The second-order valence-corrected chi connectivity index (χ2v) is 17.5. The summed E-state index contributed by atoms with van der Waals surface area (Å²) in [6, 6.07) is 0. The van der Waals surface area contributed by atoms with Gasteiger partial charge < -0.3 is 8.85 Å². The lowest BCUT2D eigenvalue weighted by molar-refractivity contribution is 0.184. The summed E-state index contributed by atoms with van der Waals surface area (Å²) in [5.74, 6) is 1.32. The third-order valence-electron chi connectivity index (χ3n) is 5.06. The lowest BCUT2D eigenvalue weighted by Gasteiger charge is -2.42. The van der Waals surface area contributed by atoms with Gasteiger partial charge >= 0.3 is 9.28 Å². The fourth-order valence-corrected chi connectivity index (χ4v) is 12.8. The van der Waals surface area contributed by atoms with Crippen molar-refractivity contribution in [1.29, 1.82) is 0 Å². The van der Waals surface area contributed by atoms with E-state index >= 15 is 0 Å². The van der Waals surface area contributed by atoms with E-state index < -0.39 is 18.8 Å². The molecule has 0 aliphatic rings. The summed E-state index contributed by atoms with van der Waals surface area (Å²) >= 11 is 5.32. The highest BCUT2D eigenvalue weighted by Gasteiger charge is 2.45. The molecule has 0 saturated carbocycles. The Hall–Kier alpha value is 0.704. The molecule has 0 aliphatic heterocycles. The minimum atomic E-state index is -1.80. The number of hydrogen-bond acceptors (Lipinski definition) is 3. The van der Waals surface area contributed by atoms with Crippen LogP contribution in [0.2, 0.25) is 5.04 Å². The molecule has 2 nitrogen and oxygen atoms in total. The molecule has 1 atom stereocenters. The van der Waals surface area contributed by atoms with Crippen molar-refractivity contribution in [3.63, 3.8) is 0 Å². The van der Waals surface area contributed by atoms with Gasteiger partial charge in [-0.15, -0.1) is 0 Å². The van der Waals surface area contributed by atoms with Crippen LogP contribution in [0, 0.1) is 11.8 Å². The molecule has 0 rings (SSSR count). The van der Waals surface area contributed by atoms with E-state index in [0.29, 0.717) is 16.9 Å².